The van der Waals surface area contributed by atoms with Crippen LogP contribution in [0.3, 0.4) is 0 Å². The van der Waals surface area contributed by atoms with E-state index in [-0.39, 0.29) is 23.5 Å². The largest absolute Gasteiger partial charge is 0.481 e. The fourth-order valence-electron chi connectivity index (χ4n) is 2.06. The number of carboxylic acids is 1. The molecule has 0 saturated heterocycles. The Kier molecular flexibility index (Phi) is 2.22. The van der Waals surface area contributed by atoms with Gasteiger partial charge < -0.3 is 5.11 Å². The van der Waals surface area contributed by atoms with Crippen LogP contribution in [0.1, 0.15) is 20.8 Å². The molecule has 0 spiro atoms. The highest BCUT2D eigenvalue weighted by molar-refractivity contribution is 5.91. The average Bonchev–Trinajstić information content (AvgIpc) is 2.16. The van der Waals surface area contributed by atoms with Crippen molar-refractivity contribution in [2.75, 3.05) is 0 Å². The van der Waals surface area contributed by atoms with Gasteiger partial charge in [0.1, 0.15) is 5.78 Å². The minimum atomic E-state index is -0.840. The van der Waals surface area contributed by atoms with Crippen LogP contribution in [0.25, 0.3) is 0 Å². The molecule has 0 aliphatic heterocycles. The van der Waals surface area contributed by atoms with Crippen molar-refractivity contribution in [3.05, 3.63) is 0 Å². The Morgan fingerprint density at radius 2 is 1.75 bits per heavy atom. The number of rotatable bonds is 1. The molecule has 0 unspecified atom stereocenters. The SMILES string of the molecule is C[C@@H]1[C@@H](C(=O)O)[C@@H](C)C(=O)[C@H]1C. The van der Waals surface area contributed by atoms with E-state index >= 15 is 0 Å². The normalized spacial score (nSPS) is 41.8. The Morgan fingerprint density at radius 1 is 1.25 bits per heavy atom. The Balaban J connectivity index is 2.90. The van der Waals surface area contributed by atoms with Gasteiger partial charge in [0.15, 0.2) is 0 Å². The summed E-state index contributed by atoms with van der Waals surface area (Å²) in [6, 6.07) is 0. The first-order valence-electron chi connectivity index (χ1n) is 4.23. The van der Waals surface area contributed by atoms with E-state index in [0.29, 0.717) is 0 Å². The Bertz CT molecular complexity index is 222. The molecule has 4 atom stereocenters. The third-order valence-corrected chi connectivity index (χ3v) is 3.08. The summed E-state index contributed by atoms with van der Waals surface area (Å²) in [4.78, 5) is 22.1. The highest BCUT2D eigenvalue weighted by Gasteiger charge is 2.46. The maximum absolute atomic E-state index is 11.4. The van der Waals surface area contributed by atoms with Crippen molar-refractivity contribution in [2.45, 2.75) is 20.8 Å². The van der Waals surface area contributed by atoms with Gasteiger partial charge in [-0.1, -0.05) is 20.8 Å². The van der Waals surface area contributed by atoms with Crippen molar-refractivity contribution in [3.8, 4) is 0 Å². The molecule has 1 fully saturated rings. The monoisotopic (exact) mass is 170 g/mol. The third kappa shape index (κ3) is 1.13. The maximum atomic E-state index is 11.4. The van der Waals surface area contributed by atoms with Crippen molar-refractivity contribution < 1.29 is 14.7 Å². The number of Topliss-reactive ketones (excluding diaryl/α,β-unsaturated/α-hetero) is 1. The summed E-state index contributed by atoms with van der Waals surface area (Å²) in [5.74, 6) is -1.66. The number of hydrogen-bond donors (Lipinski definition) is 1. The Hall–Kier alpha value is -0.860. The molecule has 0 bridgehead atoms. The standard InChI is InChI=1S/C9H14O3/c1-4-5(2)8(10)6(3)7(4)9(11)12/h4-7H,1-3H3,(H,11,12)/t4-,5-,6+,7+/m0/s1. The van der Waals surface area contributed by atoms with Crippen LogP contribution in [0.4, 0.5) is 0 Å². The molecule has 68 valence electrons. The first kappa shape index (κ1) is 9.23. The molecule has 1 N–H and O–H groups in total. The molecule has 0 aromatic carbocycles. The van der Waals surface area contributed by atoms with Gasteiger partial charge in [-0.2, -0.15) is 0 Å². The van der Waals surface area contributed by atoms with Crippen molar-refractivity contribution in [1.29, 1.82) is 0 Å². The summed E-state index contributed by atoms with van der Waals surface area (Å²) < 4.78 is 0. The summed E-state index contributed by atoms with van der Waals surface area (Å²) in [7, 11) is 0. The second-order valence-corrected chi connectivity index (χ2v) is 3.70. The molecular weight excluding hydrogens is 156 g/mol. The molecule has 0 aromatic rings. The van der Waals surface area contributed by atoms with Gasteiger partial charge in [0.2, 0.25) is 0 Å². The molecule has 1 rings (SSSR count). The van der Waals surface area contributed by atoms with Gasteiger partial charge in [-0.3, -0.25) is 9.59 Å². The molecule has 12 heavy (non-hydrogen) atoms. The summed E-state index contributed by atoms with van der Waals surface area (Å²) in [6.07, 6.45) is 0. The summed E-state index contributed by atoms with van der Waals surface area (Å²) in [6.45, 7) is 5.36. The number of carboxylic acid groups (broad SMARTS) is 1. The number of hydrogen-bond acceptors (Lipinski definition) is 2. The van der Waals surface area contributed by atoms with Crippen LogP contribution in [0.2, 0.25) is 0 Å². The number of aliphatic carboxylic acids is 1. The van der Waals surface area contributed by atoms with E-state index < -0.39 is 11.9 Å². The average molecular weight is 170 g/mol. The molecule has 1 aliphatic carbocycles. The molecule has 0 radical (unpaired) electrons. The van der Waals surface area contributed by atoms with E-state index in [1.54, 1.807) is 6.92 Å². The van der Waals surface area contributed by atoms with E-state index in [2.05, 4.69) is 0 Å². The minimum absolute atomic E-state index is 0.0231. The van der Waals surface area contributed by atoms with Crippen LogP contribution in [0.15, 0.2) is 0 Å². The topological polar surface area (TPSA) is 54.4 Å². The quantitative estimate of drug-likeness (QED) is 0.642. The van der Waals surface area contributed by atoms with Crippen LogP contribution >= 0.6 is 0 Å². The molecule has 1 saturated carbocycles. The van der Waals surface area contributed by atoms with Gasteiger partial charge in [0.25, 0.3) is 0 Å². The molecule has 1 aliphatic rings. The van der Waals surface area contributed by atoms with E-state index in [9.17, 15) is 9.59 Å². The zero-order chi connectivity index (χ0) is 9.46. The van der Waals surface area contributed by atoms with Crippen LogP contribution in [0.5, 0.6) is 0 Å². The van der Waals surface area contributed by atoms with Gasteiger partial charge >= 0.3 is 5.97 Å². The van der Waals surface area contributed by atoms with Crippen molar-refractivity contribution in [1.82, 2.24) is 0 Å². The second-order valence-electron chi connectivity index (χ2n) is 3.70. The summed E-state index contributed by atoms with van der Waals surface area (Å²) in [5, 5.41) is 8.84. The Morgan fingerprint density at radius 3 is 1.92 bits per heavy atom. The van der Waals surface area contributed by atoms with Gasteiger partial charge in [-0.25, -0.2) is 0 Å². The molecule has 3 heteroatoms. The van der Waals surface area contributed by atoms with Crippen molar-refractivity contribution >= 4 is 11.8 Å². The van der Waals surface area contributed by atoms with Gasteiger partial charge in [0, 0.05) is 11.8 Å². The van der Waals surface area contributed by atoms with Gasteiger partial charge in [0.05, 0.1) is 5.92 Å². The fourth-order valence-corrected chi connectivity index (χ4v) is 2.06. The van der Waals surface area contributed by atoms with E-state index in [1.165, 1.54) is 0 Å². The van der Waals surface area contributed by atoms with Crippen LogP contribution in [-0.4, -0.2) is 16.9 Å². The predicted molar refractivity (Wildman–Crippen MR) is 43.6 cm³/mol. The lowest BCUT2D eigenvalue weighted by Gasteiger charge is -2.13. The highest BCUT2D eigenvalue weighted by Crippen LogP contribution is 2.38. The lowest BCUT2D eigenvalue weighted by molar-refractivity contribution is -0.145. The van der Waals surface area contributed by atoms with Crippen LogP contribution < -0.4 is 0 Å². The molecule has 0 heterocycles. The number of ketones is 1. The minimum Gasteiger partial charge on any atom is -0.481 e. The van der Waals surface area contributed by atoms with Gasteiger partial charge in [-0.15, -0.1) is 0 Å². The molecular formula is C9H14O3. The molecule has 0 amide bonds. The predicted octanol–water partition coefficient (Wildman–Crippen LogP) is 1.18. The van der Waals surface area contributed by atoms with Gasteiger partial charge in [-0.05, 0) is 5.92 Å². The van der Waals surface area contributed by atoms with E-state index in [0.717, 1.165) is 0 Å². The van der Waals surface area contributed by atoms with Crippen molar-refractivity contribution in [2.24, 2.45) is 23.7 Å². The first-order valence-corrected chi connectivity index (χ1v) is 4.23. The number of carbonyl (C=O) groups excluding carboxylic acids is 1. The second kappa shape index (κ2) is 2.88. The van der Waals surface area contributed by atoms with E-state index in [4.69, 9.17) is 5.11 Å². The van der Waals surface area contributed by atoms with Crippen molar-refractivity contribution in [3.63, 3.8) is 0 Å². The van der Waals surface area contributed by atoms with Crippen LogP contribution in [-0.2, 0) is 9.59 Å². The summed E-state index contributed by atoms with van der Waals surface area (Å²) in [5.41, 5.74) is 0. The zero-order valence-corrected chi connectivity index (χ0v) is 7.57. The first-order chi connectivity index (χ1) is 5.46. The Labute approximate surface area is 71.8 Å². The number of carbonyl (C=O) groups is 2. The third-order valence-electron chi connectivity index (χ3n) is 3.08. The zero-order valence-electron chi connectivity index (χ0n) is 7.57. The molecule has 0 aromatic heterocycles. The lowest BCUT2D eigenvalue weighted by atomic mass is 9.90. The van der Waals surface area contributed by atoms with E-state index in [1.807, 2.05) is 13.8 Å². The lowest BCUT2D eigenvalue weighted by Crippen LogP contribution is -2.23. The smallest absolute Gasteiger partial charge is 0.307 e. The maximum Gasteiger partial charge on any atom is 0.307 e. The molecule has 3 nitrogen and oxygen atoms in total. The highest BCUT2D eigenvalue weighted by atomic mass is 16.4. The fraction of sp³-hybridized carbons (Fsp3) is 0.778. The van der Waals surface area contributed by atoms with Crippen LogP contribution in [0, 0.1) is 23.7 Å². The summed E-state index contributed by atoms with van der Waals surface area (Å²) >= 11 is 0.